The zero-order valence-electron chi connectivity index (χ0n) is 31.6. The Morgan fingerprint density at radius 3 is 1.00 bits per heavy atom. The summed E-state index contributed by atoms with van der Waals surface area (Å²) in [5.41, 5.74) is 0. The van der Waals surface area contributed by atoms with Gasteiger partial charge in [0, 0.05) is 12.8 Å². The lowest BCUT2D eigenvalue weighted by atomic mass is 10.0. The maximum absolute atomic E-state index is 12.1. The van der Waals surface area contributed by atoms with Gasteiger partial charge in [-0.3, -0.25) is 4.79 Å². The quantitative estimate of drug-likeness (QED) is 0.0366. The molecule has 3 nitrogen and oxygen atoms in total. The van der Waals surface area contributed by atoms with Crippen molar-refractivity contribution < 1.29 is 31.0 Å². The number of nitrogens with zero attached hydrogens (tertiary/aromatic N) is 1. The molecule has 0 aromatic heterocycles. The second-order valence-electron chi connectivity index (χ2n) is 15.0. The zero-order chi connectivity index (χ0) is 32.2. The number of hydrogen-bond donors (Lipinski definition) is 0. The Labute approximate surface area is 295 Å². The molecule has 272 valence electrons. The molecule has 0 saturated heterocycles. The second-order valence-corrected chi connectivity index (χ2v) is 15.0. The van der Waals surface area contributed by atoms with Crippen LogP contribution in [0.25, 0.3) is 0 Å². The number of halogens is 1. The number of ether oxygens (including phenoxy) is 1. The van der Waals surface area contributed by atoms with Gasteiger partial charge in [0.05, 0.1) is 33.8 Å². The SMILES string of the molecule is CCCCCCCCCCCCCCCCCC[N+](C)(C)CCCOC(=O)CCCCCCCCCCCCCCCCC.[Br-]. The molecule has 0 aromatic rings. The van der Waals surface area contributed by atoms with Gasteiger partial charge in [0.2, 0.25) is 0 Å². The van der Waals surface area contributed by atoms with Gasteiger partial charge in [-0.25, -0.2) is 0 Å². The van der Waals surface area contributed by atoms with Crippen molar-refractivity contribution in [1.29, 1.82) is 0 Å². The van der Waals surface area contributed by atoms with E-state index in [0.29, 0.717) is 13.0 Å². The molecule has 0 aliphatic heterocycles. The fourth-order valence-electron chi connectivity index (χ4n) is 6.59. The van der Waals surface area contributed by atoms with Gasteiger partial charge in [-0.15, -0.1) is 0 Å². The molecule has 0 unspecified atom stereocenters. The van der Waals surface area contributed by atoms with Crippen molar-refractivity contribution in [3.05, 3.63) is 0 Å². The minimum Gasteiger partial charge on any atom is -1.00 e. The Bertz CT molecular complexity index is 568. The molecule has 0 spiro atoms. The smallest absolute Gasteiger partial charge is 0.305 e. The minimum absolute atomic E-state index is 0. The predicted molar refractivity (Wildman–Crippen MR) is 197 cm³/mol. The Morgan fingerprint density at radius 2 is 0.667 bits per heavy atom. The molecule has 0 amide bonds. The molecule has 0 bridgehead atoms. The molecule has 0 aliphatic rings. The molecule has 0 rings (SSSR count). The van der Waals surface area contributed by atoms with Crippen LogP contribution < -0.4 is 17.0 Å². The maximum Gasteiger partial charge on any atom is 0.305 e. The third-order valence-electron chi connectivity index (χ3n) is 9.77. The molecule has 0 radical (unpaired) electrons. The summed E-state index contributed by atoms with van der Waals surface area (Å²) in [4.78, 5) is 12.1. The fourth-order valence-corrected chi connectivity index (χ4v) is 6.59. The Morgan fingerprint density at radius 1 is 0.400 bits per heavy atom. The van der Waals surface area contributed by atoms with Gasteiger partial charge in [-0.2, -0.15) is 0 Å². The highest BCUT2D eigenvalue weighted by Crippen LogP contribution is 2.16. The lowest BCUT2D eigenvalue weighted by Gasteiger charge is -2.29. The van der Waals surface area contributed by atoms with Gasteiger partial charge in [-0.05, 0) is 19.3 Å². The van der Waals surface area contributed by atoms with Crippen molar-refractivity contribution in [1.82, 2.24) is 0 Å². The van der Waals surface area contributed by atoms with Crippen molar-refractivity contribution in [2.75, 3.05) is 33.8 Å². The van der Waals surface area contributed by atoms with Crippen LogP contribution in [-0.4, -0.2) is 44.2 Å². The first-order valence-corrected chi connectivity index (χ1v) is 20.5. The molecule has 0 fully saturated rings. The molecule has 0 heterocycles. The highest BCUT2D eigenvalue weighted by atomic mass is 79.9. The molecular weight excluding hydrogens is 618 g/mol. The lowest BCUT2D eigenvalue weighted by molar-refractivity contribution is -0.890. The van der Waals surface area contributed by atoms with Gasteiger partial charge in [0.25, 0.3) is 0 Å². The summed E-state index contributed by atoms with van der Waals surface area (Å²) in [6, 6.07) is 0. The number of unbranched alkanes of at least 4 members (excludes halogenated alkanes) is 29. The van der Waals surface area contributed by atoms with Gasteiger partial charge in [0.15, 0.2) is 0 Å². The van der Waals surface area contributed by atoms with E-state index >= 15 is 0 Å². The summed E-state index contributed by atoms with van der Waals surface area (Å²) in [6.45, 7) is 7.53. The highest BCUT2D eigenvalue weighted by Gasteiger charge is 2.14. The minimum atomic E-state index is 0. The van der Waals surface area contributed by atoms with Crippen LogP contribution in [0.4, 0.5) is 0 Å². The van der Waals surface area contributed by atoms with Crippen LogP contribution in [0.1, 0.15) is 226 Å². The molecule has 0 aromatic carbocycles. The number of rotatable bonds is 37. The van der Waals surface area contributed by atoms with Crippen LogP contribution in [0.5, 0.6) is 0 Å². The van der Waals surface area contributed by atoms with E-state index in [1.165, 1.54) is 199 Å². The molecular formula is C41H84BrNO2. The molecule has 4 heteroatoms. The maximum atomic E-state index is 12.1. The van der Waals surface area contributed by atoms with Gasteiger partial charge >= 0.3 is 5.97 Å². The van der Waals surface area contributed by atoms with Gasteiger partial charge < -0.3 is 26.2 Å². The van der Waals surface area contributed by atoms with E-state index in [1.807, 2.05) is 0 Å². The number of carbonyl (C=O) groups is 1. The van der Waals surface area contributed by atoms with Crippen molar-refractivity contribution >= 4 is 5.97 Å². The van der Waals surface area contributed by atoms with Gasteiger partial charge in [-0.1, -0.05) is 194 Å². The van der Waals surface area contributed by atoms with Crippen LogP contribution in [0.15, 0.2) is 0 Å². The molecule has 0 atom stereocenters. The predicted octanol–water partition coefficient (Wildman–Crippen LogP) is 10.5. The van der Waals surface area contributed by atoms with E-state index in [9.17, 15) is 4.79 Å². The van der Waals surface area contributed by atoms with Crippen molar-refractivity contribution in [2.24, 2.45) is 0 Å². The first kappa shape index (κ1) is 47.0. The first-order valence-electron chi connectivity index (χ1n) is 20.5. The zero-order valence-corrected chi connectivity index (χ0v) is 33.2. The van der Waals surface area contributed by atoms with E-state index < -0.39 is 0 Å². The van der Waals surface area contributed by atoms with E-state index in [4.69, 9.17) is 4.74 Å². The van der Waals surface area contributed by atoms with Crippen molar-refractivity contribution in [2.45, 2.75) is 226 Å². The van der Waals surface area contributed by atoms with Crippen molar-refractivity contribution in [3.8, 4) is 0 Å². The number of quaternary nitrogens is 1. The average Bonchev–Trinajstić information content (AvgIpc) is 3.01. The van der Waals surface area contributed by atoms with E-state index in [0.717, 1.165) is 23.9 Å². The van der Waals surface area contributed by atoms with Crippen LogP contribution in [0, 0.1) is 0 Å². The molecule has 45 heavy (non-hydrogen) atoms. The summed E-state index contributed by atoms with van der Waals surface area (Å²) >= 11 is 0. The van der Waals surface area contributed by atoms with Crippen LogP contribution in [0.2, 0.25) is 0 Å². The third kappa shape index (κ3) is 40.0. The number of hydrogen-bond acceptors (Lipinski definition) is 2. The summed E-state index contributed by atoms with van der Waals surface area (Å²) in [5, 5.41) is 0. The highest BCUT2D eigenvalue weighted by molar-refractivity contribution is 5.69. The number of carbonyl (C=O) groups excluding carboxylic acids is 1. The summed E-state index contributed by atoms with van der Waals surface area (Å²) in [6.07, 6.45) is 44.7. The Hall–Kier alpha value is -0.0900. The van der Waals surface area contributed by atoms with E-state index in [-0.39, 0.29) is 23.0 Å². The van der Waals surface area contributed by atoms with E-state index in [2.05, 4.69) is 27.9 Å². The standard InChI is InChI=1S/C41H84NO2.BrH/c1-5-7-9-11-13-15-17-19-21-23-25-27-29-31-33-35-38-42(3,4)39-36-40-44-41(43)37-34-32-30-28-26-24-22-20-18-16-14-12-10-8-6-2;/h5-40H2,1-4H3;1H/q+1;/p-1. The largest absolute Gasteiger partial charge is 1.00 e. The summed E-state index contributed by atoms with van der Waals surface area (Å²) in [7, 11) is 4.67. The Balaban J connectivity index is 0. The first-order chi connectivity index (χ1) is 21.5. The average molecular weight is 703 g/mol. The fraction of sp³-hybridized carbons (Fsp3) is 0.976. The van der Waals surface area contributed by atoms with Gasteiger partial charge in [0.1, 0.15) is 0 Å². The second kappa shape index (κ2) is 38.4. The Kier molecular flexibility index (Phi) is 40.1. The normalized spacial score (nSPS) is 11.6. The molecule has 0 aliphatic carbocycles. The van der Waals surface area contributed by atoms with Crippen LogP contribution in [-0.2, 0) is 9.53 Å². The number of esters is 1. The topological polar surface area (TPSA) is 26.3 Å². The summed E-state index contributed by atoms with van der Waals surface area (Å²) < 4.78 is 6.59. The molecule has 0 N–H and O–H groups in total. The lowest BCUT2D eigenvalue weighted by Crippen LogP contribution is -3.00. The monoisotopic (exact) mass is 702 g/mol. The van der Waals surface area contributed by atoms with Crippen molar-refractivity contribution in [3.63, 3.8) is 0 Å². The molecule has 0 saturated carbocycles. The van der Waals surface area contributed by atoms with Crippen LogP contribution in [0.3, 0.4) is 0 Å². The summed E-state index contributed by atoms with van der Waals surface area (Å²) in [5.74, 6) is 0.0165. The third-order valence-corrected chi connectivity index (χ3v) is 9.77. The van der Waals surface area contributed by atoms with Crippen LogP contribution >= 0.6 is 0 Å². The van der Waals surface area contributed by atoms with E-state index in [1.54, 1.807) is 0 Å².